The second-order valence-electron chi connectivity index (χ2n) is 4.33. The van der Waals surface area contributed by atoms with Crippen molar-refractivity contribution in [2.75, 3.05) is 0 Å². The number of aryl methyl sites for hydroxylation is 2. The van der Waals surface area contributed by atoms with Gasteiger partial charge in [0, 0.05) is 12.6 Å². The zero-order chi connectivity index (χ0) is 12.1. The lowest BCUT2D eigenvalue weighted by atomic mass is 10.1. The summed E-state index contributed by atoms with van der Waals surface area (Å²) in [5.41, 5.74) is 9.66. The van der Waals surface area contributed by atoms with Crippen LogP contribution in [0.15, 0.2) is 18.2 Å². The van der Waals surface area contributed by atoms with E-state index < -0.39 is 0 Å². The van der Waals surface area contributed by atoms with E-state index in [0.29, 0.717) is 0 Å². The molecule has 0 aliphatic heterocycles. The van der Waals surface area contributed by atoms with Gasteiger partial charge in [0.25, 0.3) is 0 Å². The third-order valence-electron chi connectivity index (χ3n) is 2.79. The van der Waals surface area contributed by atoms with E-state index in [0.717, 1.165) is 37.2 Å². The second-order valence-corrected chi connectivity index (χ2v) is 4.33. The van der Waals surface area contributed by atoms with Crippen molar-refractivity contribution >= 4 is 0 Å². The molecule has 1 atom stereocenters. The number of hydrogen-bond acceptors (Lipinski definition) is 2. The van der Waals surface area contributed by atoms with Crippen LogP contribution in [0.2, 0.25) is 0 Å². The Morgan fingerprint density at radius 3 is 2.75 bits per heavy atom. The van der Waals surface area contributed by atoms with Gasteiger partial charge in [0.05, 0.1) is 11.4 Å². The summed E-state index contributed by atoms with van der Waals surface area (Å²) in [6.07, 6.45) is 2.90. The van der Waals surface area contributed by atoms with Crippen LogP contribution in [0.25, 0.3) is 0 Å². The molecule has 0 spiro atoms. The lowest BCUT2D eigenvalue weighted by Gasteiger charge is -2.12. The van der Waals surface area contributed by atoms with Crippen LogP contribution >= 0.6 is 0 Å². The van der Waals surface area contributed by atoms with E-state index in [9.17, 15) is 0 Å². The molecule has 3 nitrogen and oxygen atoms in total. The molecule has 0 bridgehead atoms. The van der Waals surface area contributed by atoms with Crippen LogP contribution in [-0.2, 0) is 13.0 Å². The molecule has 1 aromatic rings. The molecule has 1 unspecified atom stereocenters. The van der Waals surface area contributed by atoms with Crippen molar-refractivity contribution in [3.8, 4) is 0 Å². The van der Waals surface area contributed by atoms with Gasteiger partial charge in [0.15, 0.2) is 0 Å². The van der Waals surface area contributed by atoms with Crippen LogP contribution in [0.5, 0.6) is 0 Å². The number of hydrogen-bond donors (Lipinski definition) is 1. The summed E-state index contributed by atoms with van der Waals surface area (Å²) >= 11 is 0. The molecule has 2 N–H and O–H groups in total. The van der Waals surface area contributed by atoms with Crippen LogP contribution in [0.3, 0.4) is 0 Å². The molecule has 1 aromatic heterocycles. The zero-order valence-corrected chi connectivity index (χ0v) is 10.7. The molecule has 0 amide bonds. The van der Waals surface area contributed by atoms with Gasteiger partial charge in [-0.3, -0.25) is 4.68 Å². The lowest BCUT2D eigenvalue weighted by Crippen LogP contribution is -2.15. The molecular formula is C13H23N3. The van der Waals surface area contributed by atoms with Crippen molar-refractivity contribution in [3.05, 3.63) is 29.6 Å². The molecule has 1 heterocycles. The fourth-order valence-corrected chi connectivity index (χ4v) is 1.76. The highest BCUT2D eigenvalue weighted by molar-refractivity contribution is 5.14. The van der Waals surface area contributed by atoms with Gasteiger partial charge >= 0.3 is 0 Å². The summed E-state index contributed by atoms with van der Waals surface area (Å²) in [4.78, 5) is 0. The fraction of sp³-hybridized carbons (Fsp3) is 0.615. The van der Waals surface area contributed by atoms with Crippen molar-refractivity contribution in [2.24, 2.45) is 5.73 Å². The number of rotatable bonds is 6. The number of nitrogens with zero attached hydrogens (tertiary/aromatic N) is 2. The Balaban J connectivity index is 2.76. The summed E-state index contributed by atoms with van der Waals surface area (Å²) in [5, 5.41) is 4.51. The monoisotopic (exact) mass is 221 g/mol. The fourth-order valence-electron chi connectivity index (χ4n) is 1.76. The Hall–Kier alpha value is -1.09. The Kier molecular flexibility index (Phi) is 4.74. The van der Waals surface area contributed by atoms with E-state index in [-0.39, 0.29) is 6.04 Å². The number of nitrogens with two attached hydrogens (primary N) is 1. The van der Waals surface area contributed by atoms with Crippen molar-refractivity contribution in [1.82, 2.24) is 9.78 Å². The molecule has 0 saturated carbocycles. The van der Waals surface area contributed by atoms with Crippen molar-refractivity contribution in [1.29, 1.82) is 0 Å². The van der Waals surface area contributed by atoms with Crippen LogP contribution in [0.4, 0.5) is 0 Å². The first-order valence-electron chi connectivity index (χ1n) is 6.05. The third-order valence-corrected chi connectivity index (χ3v) is 2.79. The smallest absolute Gasteiger partial charge is 0.0625 e. The van der Waals surface area contributed by atoms with Gasteiger partial charge < -0.3 is 5.73 Å². The molecule has 1 rings (SSSR count). The normalized spacial score (nSPS) is 12.8. The van der Waals surface area contributed by atoms with Gasteiger partial charge in [-0.2, -0.15) is 5.10 Å². The Morgan fingerprint density at radius 2 is 2.25 bits per heavy atom. The van der Waals surface area contributed by atoms with E-state index in [1.54, 1.807) is 0 Å². The highest BCUT2D eigenvalue weighted by Crippen LogP contribution is 2.19. The van der Waals surface area contributed by atoms with Gasteiger partial charge in [0.1, 0.15) is 0 Å². The molecule has 16 heavy (non-hydrogen) atoms. The maximum absolute atomic E-state index is 6.19. The van der Waals surface area contributed by atoms with Gasteiger partial charge in [-0.15, -0.1) is 6.58 Å². The highest BCUT2D eigenvalue weighted by atomic mass is 15.3. The summed E-state index contributed by atoms with van der Waals surface area (Å²) in [5.74, 6) is 0. The Morgan fingerprint density at radius 1 is 1.56 bits per heavy atom. The summed E-state index contributed by atoms with van der Waals surface area (Å²) < 4.78 is 2.02. The molecule has 0 radical (unpaired) electrons. The molecule has 0 aliphatic carbocycles. The first-order chi connectivity index (χ1) is 7.58. The van der Waals surface area contributed by atoms with Crippen molar-refractivity contribution in [3.63, 3.8) is 0 Å². The van der Waals surface area contributed by atoms with Crippen LogP contribution in [0, 0.1) is 0 Å². The quantitative estimate of drug-likeness (QED) is 0.751. The van der Waals surface area contributed by atoms with Crippen LogP contribution in [0.1, 0.15) is 51.0 Å². The predicted molar refractivity (Wildman–Crippen MR) is 68.3 cm³/mol. The first-order valence-corrected chi connectivity index (χ1v) is 6.05. The summed E-state index contributed by atoms with van der Waals surface area (Å²) in [7, 11) is 0. The second kappa shape index (κ2) is 5.85. The topological polar surface area (TPSA) is 43.8 Å². The van der Waals surface area contributed by atoms with Gasteiger partial charge in [-0.25, -0.2) is 0 Å². The van der Waals surface area contributed by atoms with Crippen LogP contribution in [-0.4, -0.2) is 9.78 Å². The van der Waals surface area contributed by atoms with E-state index in [1.807, 2.05) is 11.6 Å². The molecule has 0 saturated heterocycles. The first kappa shape index (κ1) is 13.0. The van der Waals surface area contributed by atoms with Crippen LogP contribution < -0.4 is 5.73 Å². The molecular weight excluding hydrogens is 198 g/mol. The van der Waals surface area contributed by atoms with E-state index in [1.165, 1.54) is 5.57 Å². The minimum Gasteiger partial charge on any atom is -0.323 e. The third kappa shape index (κ3) is 3.20. The maximum Gasteiger partial charge on any atom is 0.0625 e. The standard InChI is InChI=1S/C13H23N3/c1-5-11-9-13(16(6-2)15-11)12(14)8-7-10(3)4/h9,12H,3,5-8,14H2,1-2,4H3. The predicted octanol–water partition coefficient (Wildman–Crippen LogP) is 2.82. The molecule has 0 fully saturated rings. The molecule has 3 heteroatoms. The summed E-state index contributed by atoms with van der Waals surface area (Å²) in [6, 6.07) is 2.21. The molecule has 90 valence electrons. The average Bonchev–Trinajstić information content (AvgIpc) is 2.68. The van der Waals surface area contributed by atoms with Gasteiger partial charge in [0.2, 0.25) is 0 Å². The minimum atomic E-state index is 0.0736. The largest absolute Gasteiger partial charge is 0.323 e. The van der Waals surface area contributed by atoms with E-state index in [2.05, 4.69) is 31.6 Å². The Bertz CT molecular complexity index is 352. The van der Waals surface area contributed by atoms with Crippen molar-refractivity contribution < 1.29 is 0 Å². The molecule has 0 aliphatic rings. The molecule has 0 aromatic carbocycles. The SMILES string of the molecule is C=C(C)CCC(N)c1cc(CC)nn1CC. The summed E-state index contributed by atoms with van der Waals surface area (Å²) in [6.45, 7) is 11.0. The van der Waals surface area contributed by atoms with Crippen molar-refractivity contribution in [2.45, 2.75) is 52.6 Å². The van der Waals surface area contributed by atoms with E-state index >= 15 is 0 Å². The lowest BCUT2D eigenvalue weighted by molar-refractivity contribution is 0.544. The average molecular weight is 221 g/mol. The Labute approximate surface area is 98.3 Å². The van der Waals surface area contributed by atoms with E-state index in [4.69, 9.17) is 5.73 Å². The number of allylic oxidation sites excluding steroid dienone is 1. The zero-order valence-electron chi connectivity index (χ0n) is 10.7. The minimum absolute atomic E-state index is 0.0736. The van der Waals surface area contributed by atoms with Gasteiger partial charge in [-0.05, 0) is 39.2 Å². The van der Waals surface area contributed by atoms with Gasteiger partial charge in [-0.1, -0.05) is 12.5 Å². The maximum atomic E-state index is 6.19. The number of aromatic nitrogens is 2. The highest BCUT2D eigenvalue weighted by Gasteiger charge is 2.13.